The largest absolute Gasteiger partial charge is 0.332 e. The fraction of sp³-hybridized carbons (Fsp3) is 0.235. The summed E-state index contributed by atoms with van der Waals surface area (Å²) in [6.07, 6.45) is 1.33. The summed E-state index contributed by atoms with van der Waals surface area (Å²) >= 11 is 12.0. The second-order valence-electron chi connectivity index (χ2n) is 6.11. The van der Waals surface area contributed by atoms with Gasteiger partial charge in [0.05, 0.1) is 17.1 Å². The number of nitrogens with zero attached hydrogens (tertiary/aromatic N) is 5. The van der Waals surface area contributed by atoms with E-state index in [4.69, 9.17) is 23.2 Å². The molecule has 0 radical (unpaired) electrons. The van der Waals surface area contributed by atoms with Crippen molar-refractivity contribution in [2.75, 3.05) is 0 Å². The van der Waals surface area contributed by atoms with Gasteiger partial charge >= 0.3 is 5.69 Å². The Kier molecular flexibility index (Phi) is 5.39. The molecule has 2 heterocycles. The molecule has 1 N–H and O–H groups in total. The predicted octanol–water partition coefficient (Wildman–Crippen LogP) is 1.28. The van der Waals surface area contributed by atoms with Crippen LogP contribution < -0.4 is 16.7 Å². The Morgan fingerprint density at radius 2 is 1.93 bits per heavy atom. The van der Waals surface area contributed by atoms with Crippen LogP contribution in [0.3, 0.4) is 0 Å². The molecule has 0 atom stereocenters. The Morgan fingerprint density at radius 3 is 2.61 bits per heavy atom. The maximum absolute atomic E-state index is 12.4. The number of nitrogens with one attached hydrogen (secondary N) is 1. The number of halogens is 2. The molecule has 9 nitrogen and oxygen atoms in total. The SMILES string of the molecule is CC(=NNC(=O)Cn1cnc2c1c(=O)n(C)c(=O)n2C)c1ccc(Cl)cc1Cl. The van der Waals surface area contributed by atoms with E-state index in [9.17, 15) is 14.4 Å². The third kappa shape index (κ3) is 3.58. The van der Waals surface area contributed by atoms with Gasteiger partial charge in [-0.15, -0.1) is 0 Å². The number of hydrogen-bond donors (Lipinski definition) is 1. The van der Waals surface area contributed by atoms with Crippen LogP contribution in [0, 0.1) is 0 Å². The smallest absolute Gasteiger partial charge is 0.315 e. The van der Waals surface area contributed by atoms with E-state index in [0.29, 0.717) is 21.3 Å². The summed E-state index contributed by atoms with van der Waals surface area (Å²) in [6, 6.07) is 4.95. The molecule has 0 fully saturated rings. The summed E-state index contributed by atoms with van der Waals surface area (Å²) in [5.41, 5.74) is 2.87. The van der Waals surface area contributed by atoms with Gasteiger partial charge in [0.1, 0.15) is 6.54 Å². The number of carbonyl (C=O) groups excluding carboxylic acids is 1. The van der Waals surface area contributed by atoms with Crippen molar-refractivity contribution in [3.63, 3.8) is 0 Å². The van der Waals surface area contributed by atoms with E-state index < -0.39 is 17.2 Å². The molecule has 28 heavy (non-hydrogen) atoms. The first-order valence-electron chi connectivity index (χ1n) is 8.10. The van der Waals surface area contributed by atoms with Crippen molar-refractivity contribution in [1.29, 1.82) is 0 Å². The summed E-state index contributed by atoms with van der Waals surface area (Å²) in [5, 5.41) is 4.94. The molecule has 0 bridgehead atoms. The lowest BCUT2D eigenvalue weighted by atomic mass is 10.1. The summed E-state index contributed by atoms with van der Waals surface area (Å²) in [7, 11) is 2.87. The van der Waals surface area contributed by atoms with Crippen molar-refractivity contribution in [1.82, 2.24) is 24.1 Å². The van der Waals surface area contributed by atoms with Gasteiger partial charge in [-0.25, -0.2) is 15.2 Å². The van der Waals surface area contributed by atoms with Crippen LogP contribution in [0.2, 0.25) is 10.0 Å². The van der Waals surface area contributed by atoms with Crippen LogP contribution in [0.1, 0.15) is 12.5 Å². The minimum atomic E-state index is -0.531. The number of rotatable bonds is 4. The number of carbonyl (C=O) groups is 1. The summed E-state index contributed by atoms with van der Waals surface area (Å²) in [5.74, 6) is -0.473. The highest BCUT2D eigenvalue weighted by Crippen LogP contribution is 2.21. The van der Waals surface area contributed by atoms with E-state index in [1.165, 1.54) is 29.6 Å². The number of benzene rings is 1. The van der Waals surface area contributed by atoms with Crippen LogP contribution in [-0.2, 0) is 25.4 Å². The van der Waals surface area contributed by atoms with Gasteiger partial charge < -0.3 is 4.57 Å². The summed E-state index contributed by atoms with van der Waals surface area (Å²) < 4.78 is 3.58. The topological polar surface area (TPSA) is 103 Å². The highest BCUT2D eigenvalue weighted by molar-refractivity contribution is 6.37. The Bertz CT molecular complexity index is 1240. The fourth-order valence-electron chi connectivity index (χ4n) is 2.70. The minimum Gasteiger partial charge on any atom is -0.315 e. The van der Waals surface area contributed by atoms with Crippen LogP contribution in [0.15, 0.2) is 39.2 Å². The van der Waals surface area contributed by atoms with E-state index in [2.05, 4.69) is 15.5 Å². The minimum absolute atomic E-state index is 0.154. The lowest BCUT2D eigenvalue weighted by molar-refractivity contribution is -0.121. The lowest BCUT2D eigenvalue weighted by Crippen LogP contribution is -2.38. The van der Waals surface area contributed by atoms with Crippen molar-refractivity contribution in [3.05, 3.63) is 61.0 Å². The highest BCUT2D eigenvalue weighted by Gasteiger charge is 2.16. The van der Waals surface area contributed by atoms with Crippen LogP contribution in [0.25, 0.3) is 11.2 Å². The van der Waals surface area contributed by atoms with Gasteiger partial charge in [-0.2, -0.15) is 5.10 Å². The zero-order chi connectivity index (χ0) is 20.6. The molecule has 0 saturated heterocycles. The molecule has 0 aliphatic carbocycles. The Hall–Kier alpha value is -2.91. The van der Waals surface area contributed by atoms with E-state index in [1.807, 2.05) is 0 Å². The average molecular weight is 423 g/mol. The number of fused-ring (bicyclic) bond motifs is 1. The molecule has 0 aliphatic heterocycles. The monoisotopic (exact) mass is 422 g/mol. The van der Waals surface area contributed by atoms with Gasteiger partial charge in [0, 0.05) is 24.7 Å². The predicted molar refractivity (Wildman–Crippen MR) is 107 cm³/mol. The number of aromatic nitrogens is 4. The standard InChI is InChI=1S/C17H16Cl2N6O3/c1-9(11-5-4-10(18)6-12(11)19)21-22-13(26)7-25-8-20-15-14(25)16(27)24(3)17(28)23(15)2/h4-6,8H,7H2,1-3H3,(H,22,26). The second-order valence-corrected chi connectivity index (χ2v) is 6.95. The molecule has 1 amide bonds. The van der Waals surface area contributed by atoms with Crippen molar-refractivity contribution < 1.29 is 4.79 Å². The molecule has 0 spiro atoms. The Morgan fingerprint density at radius 1 is 1.21 bits per heavy atom. The van der Waals surface area contributed by atoms with Gasteiger partial charge in [-0.3, -0.25) is 18.7 Å². The van der Waals surface area contributed by atoms with Gasteiger partial charge in [-0.05, 0) is 19.1 Å². The molecule has 146 valence electrons. The molecule has 11 heteroatoms. The first-order chi connectivity index (χ1) is 13.2. The second kappa shape index (κ2) is 7.61. The third-order valence-electron chi connectivity index (χ3n) is 4.20. The molecular weight excluding hydrogens is 407 g/mol. The summed E-state index contributed by atoms with van der Waals surface area (Å²) in [6.45, 7) is 1.49. The van der Waals surface area contributed by atoms with E-state index in [0.717, 1.165) is 4.57 Å². The quantitative estimate of drug-likeness (QED) is 0.505. The van der Waals surface area contributed by atoms with E-state index >= 15 is 0 Å². The third-order valence-corrected chi connectivity index (χ3v) is 4.75. The molecule has 0 saturated carbocycles. The van der Waals surface area contributed by atoms with Crippen molar-refractivity contribution in [2.45, 2.75) is 13.5 Å². The van der Waals surface area contributed by atoms with Gasteiger partial charge in [0.2, 0.25) is 0 Å². The average Bonchev–Trinajstić information content (AvgIpc) is 3.06. The van der Waals surface area contributed by atoms with Gasteiger partial charge in [0.15, 0.2) is 11.2 Å². The van der Waals surface area contributed by atoms with Gasteiger partial charge in [0.25, 0.3) is 11.5 Å². The number of amides is 1. The molecule has 1 aromatic carbocycles. The number of hydrazone groups is 1. The number of imidazole rings is 1. The van der Waals surface area contributed by atoms with Crippen LogP contribution >= 0.6 is 23.2 Å². The Labute approximate surface area is 168 Å². The number of hydrogen-bond acceptors (Lipinski definition) is 5. The van der Waals surface area contributed by atoms with Crippen LogP contribution in [-0.4, -0.2) is 30.3 Å². The zero-order valence-corrected chi connectivity index (χ0v) is 16.7. The van der Waals surface area contributed by atoms with E-state index in [1.54, 1.807) is 25.1 Å². The van der Waals surface area contributed by atoms with Crippen molar-refractivity contribution in [2.24, 2.45) is 19.2 Å². The van der Waals surface area contributed by atoms with E-state index in [-0.39, 0.29) is 17.7 Å². The normalized spacial score (nSPS) is 11.8. The van der Waals surface area contributed by atoms with Crippen LogP contribution in [0.5, 0.6) is 0 Å². The first kappa shape index (κ1) is 19.8. The van der Waals surface area contributed by atoms with Crippen LogP contribution in [0.4, 0.5) is 0 Å². The first-order valence-corrected chi connectivity index (χ1v) is 8.85. The maximum Gasteiger partial charge on any atom is 0.332 e. The van der Waals surface area contributed by atoms with Gasteiger partial charge in [-0.1, -0.05) is 29.3 Å². The fourth-order valence-corrected chi connectivity index (χ4v) is 3.24. The lowest BCUT2D eigenvalue weighted by Gasteiger charge is -2.07. The van der Waals surface area contributed by atoms with Crippen molar-refractivity contribution >= 4 is 46.0 Å². The Balaban J connectivity index is 1.84. The van der Waals surface area contributed by atoms with Crippen molar-refractivity contribution in [3.8, 4) is 0 Å². The molecule has 3 aromatic rings. The number of aryl methyl sites for hydroxylation is 1. The zero-order valence-electron chi connectivity index (χ0n) is 15.2. The molecule has 0 aliphatic rings. The maximum atomic E-state index is 12.4. The molecular formula is C17H16Cl2N6O3. The highest BCUT2D eigenvalue weighted by atomic mass is 35.5. The summed E-state index contributed by atoms with van der Waals surface area (Å²) in [4.78, 5) is 40.7. The molecule has 0 unspecified atom stereocenters. The molecule has 3 rings (SSSR count). The molecule has 2 aromatic heterocycles.